The van der Waals surface area contributed by atoms with Crippen LogP contribution in [0.15, 0.2) is 18.2 Å². The van der Waals surface area contributed by atoms with Crippen molar-refractivity contribution >= 4 is 5.69 Å². The van der Waals surface area contributed by atoms with Crippen LogP contribution in [-0.4, -0.2) is 17.5 Å². The third-order valence-corrected chi connectivity index (χ3v) is 5.19. The molecule has 1 heterocycles. The largest absolute Gasteiger partial charge is 0.398 e. The van der Waals surface area contributed by atoms with E-state index in [9.17, 15) is 0 Å². The van der Waals surface area contributed by atoms with Crippen LogP contribution in [0.4, 0.5) is 5.69 Å². The van der Waals surface area contributed by atoms with Crippen LogP contribution >= 0.6 is 0 Å². The Morgan fingerprint density at radius 1 is 1.21 bits per heavy atom. The van der Waals surface area contributed by atoms with Crippen LogP contribution in [0.2, 0.25) is 0 Å². The van der Waals surface area contributed by atoms with Crippen molar-refractivity contribution in [3.8, 4) is 0 Å². The second-order valence-electron chi connectivity index (χ2n) is 6.67. The van der Waals surface area contributed by atoms with Crippen LogP contribution in [0.25, 0.3) is 0 Å². The molecule has 0 amide bonds. The molecule has 1 aromatic rings. The highest BCUT2D eigenvalue weighted by Crippen LogP contribution is 2.35. The van der Waals surface area contributed by atoms with Gasteiger partial charge in [-0.05, 0) is 54.7 Å². The Balaban J connectivity index is 1.76. The molecular formula is C17H26N2. The minimum atomic E-state index is 0.768. The number of fused-ring (bicyclic) bond motifs is 1. The van der Waals surface area contributed by atoms with E-state index in [2.05, 4.69) is 36.9 Å². The first-order chi connectivity index (χ1) is 9.15. The summed E-state index contributed by atoms with van der Waals surface area (Å²) >= 11 is 0. The predicted octanol–water partition coefficient (Wildman–Crippen LogP) is 3.45. The first-order valence-corrected chi connectivity index (χ1v) is 7.75. The van der Waals surface area contributed by atoms with Gasteiger partial charge in [-0.1, -0.05) is 26.0 Å². The lowest BCUT2D eigenvalue weighted by Crippen LogP contribution is -2.45. The van der Waals surface area contributed by atoms with E-state index in [1.165, 1.54) is 43.4 Å². The fraction of sp³-hybridized carbons (Fsp3) is 0.647. The summed E-state index contributed by atoms with van der Waals surface area (Å²) in [5, 5.41) is 0. The Kier molecular flexibility index (Phi) is 3.53. The molecule has 0 aromatic heterocycles. The molecule has 1 saturated carbocycles. The van der Waals surface area contributed by atoms with E-state index in [0.717, 1.165) is 30.1 Å². The lowest BCUT2D eigenvalue weighted by molar-refractivity contribution is 0.0824. The Bertz CT molecular complexity index is 455. The topological polar surface area (TPSA) is 29.3 Å². The van der Waals surface area contributed by atoms with E-state index in [1.807, 2.05) is 0 Å². The number of nitrogen functional groups attached to an aromatic ring is 1. The zero-order valence-corrected chi connectivity index (χ0v) is 12.2. The lowest BCUT2D eigenvalue weighted by Gasteiger charge is -2.43. The summed E-state index contributed by atoms with van der Waals surface area (Å²) < 4.78 is 0. The number of anilines is 1. The molecule has 0 spiro atoms. The summed E-state index contributed by atoms with van der Waals surface area (Å²) in [6.07, 6.45) is 5.31. The van der Waals surface area contributed by atoms with Crippen LogP contribution < -0.4 is 5.73 Å². The van der Waals surface area contributed by atoms with Crippen LogP contribution in [0.1, 0.15) is 44.2 Å². The molecule has 1 fully saturated rings. The minimum Gasteiger partial charge on any atom is -0.398 e. The number of rotatable bonds is 1. The molecular weight excluding hydrogens is 232 g/mol. The van der Waals surface area contributed by atoms with Crippen molar-refractivity contribution in [2.75, 3.05) is 12.3 Å². The van der Waals surface area contributed by atoms with Gasteiger partial charge in [-0.15, -0.1) is 0 Å². The van der Waals surface area contributed by atoms with Gasteiger partial charge in [-0.25, -0.2) is 0 Å². The Morgan fingerprint density at radius 3 is 2.84 bits per heavy atom. The number of hydrogen-bond acceptors (Lipinski definition) is 2. The second kappa shape index (κ2) is 5.16. The summed E-state index contributed by atoms with van der Waals surface area (Å²) in [7, 11) is 0. The van der Waals surface area contributed by atoms with Gasteiger partial charge >= 0.3 is 0 Å². The van der Waals surface area contributed by atoms with Crippen molar-refractivity contribution in [1.29, 1.82) is 0 Å². The minimum absolute atomic E-state index is 0.768. The van der Waals surface area contributed by atoms with Crippen LogP contribution in [0, 0.1) is 11.8 Å². The monoisotopic (exact) mass is 258 g/mol. The van der Waals surface area contributed by atoms with Gasteiger partial charge in [-0.3, -0.25) is 4.90 Å². The number of nitrogens with two attached hydrogens (primary N) is 1. The third-order valence-electron chi connectivity index (χ3n) is 5.19. The normalized spacial score (nSPS) is 32.0. The number of nitrogens with zero attached hydrogens (tertiary/aromatic N) is 1. The third kappa shape index (κ3) is 2.51. The van der Waals surface area contributed by atoms with Gasteiger partial charge in [0.05, 0.1) is 0 Å². The zero-order chi connectivity index (χ0) is 13.4. The quantitative estimate of drug-likeness (QED) is 0.782. The SMILES string of the molecule is CC1CCC(N2CCc3cccc(N)c3C2)C(C)C1. The average molecular weight is 258 g/mol. The van der Waals surface area contributed by atoms with Crippen molar-refractivity contribution in [3.63, 3.8) is 0 Å². The molecule has 2 aliphatic rings. The molecule has 1 aliphatic carbocycles. The molecule has 104 valence electrons. The van der Waals surface area contributed by atoms with Gasteiger partial charge in [0.25, 0.3) is 0 Å². The summed E-state index contributed by atoms with van der Waals surface area (Å²) in [5.41, 5.74) is 10.0. The molecule has 3 atom stereocenters. The van der Waals surface area contributed by atoms with Crippen molar-refractivity contribution in [2.45, 2.75) is 52.1 Å². The molecule has 0 saturated heterocycles. The van der Waals surface area contributed by atoms with Crippen molar-refractivity contribution in [2.24, 2.45) is 11.8 Å². The summed E-state index contributed by atoms with van der Waals surface area (Å²) in [6.45, 7) is 7.10. The second-order valence-corrected chi connectivity index (χ2v) is 6.67. The molecule has 2 heteroatoms. The number of hydrogen-bond donors (Lipinski definition) is 1. The Morgan fingerprint density at radius 2 is 2.05 bits per heavy atom. The van der Waals surface area contributed by atoms with Crippen LogP contribution in [0.3, 0.4) is 0 Å². The molecule has 3 rings (SSSR count). The van der Waals surface area contributed by atoms with E-state index < -0.39 is 0 Å². The van der Waals surface area contributed by atoms with Gasteiger partial charge in [0.15, 0.2) is 0 Å². The number of benzene rings is 1. The Hall–Kier alpha value is -1.02. The van der Waals surface area contributed by atoms with E-state index in [0.29, 0.717) is 0 Å². The smallest absolute Gasteiger partial charge is 0.0362 e. The summed E-state index contributed by atoms with van der Waals surface area (Å²) in [6, 6.07) is 7.16. The maximum atomic E-state index is 6.16. The predicted molar refractivity (Wildman–Crippen MR) is 80.9 cm³/mol. The highest BCUT2D eigenvalue weighted by Gasteiger charge is 2.32. The molecule has 0 radical (unpaired) electrons. The maximum Gasteiger partial charge on any atom is 0.0362 e. The molecule has 1 aliphatic heterocycles. The molecule has 2 nitrogen and oxygen atoms in total. The van der Waals surface area contributed by atoms with Gasteiger partial charge in [0, 0.05) is 24.8 Å². The Labute approximate surface area is 117 Å². The summed E-state index contributed by atoms with van der Waals surface area (Å²) in [4.78, 5) is 2.69. The average Bonchev–Trinajstić information content (AvgIpc) is 2.39. The van der Waals surface area contributed by atoms with E-state index in [-0.39, 0.29) is 0 Å². The molecule has 3 unspecified atom stereocenters. The standard InChI is InChI=1S/C17H26N2/c1-12-6-7-17(13(2)10-12)19-9-8-14-4-3-5-16(18)15(14)11-19/h3-5,12-13,17H,6-11,18H2,1-2H3. The molecule has 19 heavy (non-hydrogen) atoms. The van der Waals surface area contributed by atoms with Crippen molar-refractivity contribution in [1.82, 2.24) is 4.90 Å². The van der Waals surface area contributed by atoms with Crippen molar-refractivity contribution in [3.05, 3.63) is 29.3 Å². The highest BCUT2D eigenvalue weighted by atomic mass is 15.2. The van der Waals surface area contributed by atoms with E-state index in [1.54, 1.807) is 0 Å². The molecule has 2 N–H and O–H groups in total. The van der Waals surface area contributed by atoms with E-state index in [4.69, 9.17) is 5.73 Å². The molecule has 0 bridgehead atoms. The van der Waals surface area contributed by atoms with Gasteiger partial charge < -0.3 is 5.73 Å². The first-order valence-electron chi connectivity index (χ1n) is 7.75. The fourth-order valence-electron chi connectivity index (χ4n) is 4.10. The highest BCUT2D eigenvalue weighted by molar-refractivity contribution is 5.51. The fourth-order valence-corrected chi connectivity index (χ4v) is 4.10. The van der Waals surface area contributed by atoms with Crippen LogP contribution in [-0.2, 0) is 13.0 Å². The van der Waals surface area contributed by atoms with Gasteiger partial charge in [0.1, 0.15) is 0 Å². The zero-order valence-electron chi connectivity index (χ0n) is 12.2. The van der Waals surface area contributed by atoms with E-state index >= 15 is 0 Å². The van der Waals surface area contributed by atoms with Crippen LogP contribution in [0.5, 0.6) is 0 Å². The lowest BCUT2D eigenvalue weighted by atomic mass is 9.78. The van der Waals surface area contributed by atoms with Gasteiger partial charge in [0.2, 0.25) is 0 Å². The van der Waals surface area contributed by atoms with Gasteiger partial charge in [-0.2, -0.15) is 0 Å². The maximum absolute atomic E-state index is 6.16. The first kappa shape index (κ1) is 13.0. The molecule has 1 aromatic carbocycles. The van der Waals surface area contributed by atoms with Crippen molar-refractivity contribution < 1.29 is 0 Å². The summed E-state index contributed by atoms with van der Waals surface area (Å²) in [5.74, 6) is 1.74.